The molecule has 1 aromatic heterocycles. The van der Waals surface area contributed by atoms with Gasteiger partial charge in [0, 0.05) is 18.7 Å². The predicted molar refractivity (Wildman–Crippen MR) is 108 cm³/mol. The maximum absolute atomic E-state index is 12.5. The first kappa shape index (κ1) is 20.8. The molecular weight excluding hydrogens is 396 g/mol. The van der Waals surface area contributed by atoms with E-state index in [1.54, 1.807) is 29.1 Å². The van der Waals surface area contributed by atoms with Crippen LogP contribution in [0.1, 0.15) is 42.7 Å². The van der Waals surface area contributed by atoms with Crippen molar-refractivity contribution in [1.29, 1.82) is 0 Å². The van der Waals surface area contributed by atoms with Crippen LogP contribution in [0.3, 0.4) is 0 Å². The number of ether oxygens (including phenoxy) is 1. The molecule has 1 aromatic carbocycles. The molecule has 0 unspecified atom stereocenters. The second-order valence-corrected chi connectivity index (χ2v) is 9.13. The molecule has 2 aromatic rings. The molecule has 1 amide bonds. The van der Waals surface area contributed by atoms with Crippen LogP contribution in [0.25, 0.3) is 0 Å². The molecule has 0 saturated heterocycles. The molecule has 156 valence electrons. The normalized spacial score (nSPS) is 14.6. The number of fused-ring (bicyclic) bond motifs is 1. The SMILES string of the molecule is CC(C)n1nccc1NC(=O)[C@@H](C)OC(=O)c1ccc2c(c1)CCN2S(C)(=O)=O. The van der Waals surface area contributed by atoms with Crippen LogP contribution in [0.4, 0.5) is 11.5 Å². The van der Waals surface area contributed by atoms with E-state index in [4.69, 9.17) is 4.74 Å². The van der Waals surface area contributed by atoms with Crippen molar-refractivity contribution in [3.8, 4) is 0 Å². The molecular formula is C19H24N4O5S. The Morgan fingerprint density at radius 1 is 1.21 bits per heavy atom. The highest BCUT2D eigenvalue weighted by molar-refractivity contribution is 7.92. The van der Waals surface area contributed by atoms with Gasteiger partial charge in [0.1, 0.15) is 5.82 Å². The van der Waals surface area contributed by atoms with Crippen molar-refractivity contribution >= 4 is 33.4 Å². The first-order valence-corrected chi connectivity index (χ1v) is 11.1. The molecule has 0 aliphatic carbocycles. The standard InChI is InChI=1S/C19H24N4O5S/c1-12(2)23-17(7-9-20-23)21-18(24)13(3)28-19(25)15-5-6-16-14(11-15)8-10-22(16)29(4,26)27/h5-7,9,11-13H,8,10H2,1-4H3,(H,21,24)/t13-/m1/s1. The Bertz CT molecular complexity index is 1040. The summed E-state index contributed by atoms with van der Waals surface area (Å²) in [6, 6.07) is 6.44. The average molecular weight is 420 g/mol. The number of amides is 1. The molecule has 0 radical (unpaired) electrons. The monoisotopic (exact) mass is 420 g/mol. The minimum absolute atomic E-state index is 0.0658. The zero-order chi connectivity index (χ0) is 21.3. The summed E-state index contributed by atoms with van der Waals surface area (Å²) in [5.74, 6) is -0.595. The summed E-state index contributed by atoms with van der Waals surface area (Å²) in [5.41, 5.74) is 1.59. The number of aromatic nitrogens is 2. The topological polar surface area (TPSA) is 111 Å². The highest BCUT2D eigenvalue weighted by Gasteiger charge is 2.28. The van der Waals surface area contributed by atoms with Crippen LogP contribution in [-0.4, -0.2) is 49.0 Å². The van der Waals surface area contributed by atoms with Gasteiger partial charge in [0.05, 0.1) is 23.7 Å². The van der Waals surface area contributed by atoms with Gasteiger partial charge >= 0.3 is 5.97 Å². The number of anilines is 2. The Labute approximate surface area is 169 Å². The van der Waals surface area contributed by atoms with Crippen molar-refractivity contribution in [3.05, 3.63) is 41.6 Å². The summed E-state index contributed by atoms with van der Waals surface area (Å²) < 4.78 is 31.9. The number of carbonyl (C=O) groups excluding carboxylic acids is 2. The van der Waals surface area contributed by atoms with Gasteiger partial charge in [-0.05, 0) is 51.0 Å². The van der Waals surface area contributed by atoms with Crippen LogP contribution >= 0.6 is 0 Å². The fourth-order valence-corrected chi connectivity index (χ4v) is 4.14. The summed E-state index contributed by atoms with van der Waals surface area (Å²) in [7, 11) is -3.36. The molecule has 9 nitrogen and oxygen atoms in total. The Hall–Kier alpha value is -2.88. The average Bonchev–Trinajstić information content (AvgIpc) is 3.26. The molecule has 0 fully saturated rings. The number of rotatable bonds is 6. The summed E-state index contributed by atoms with van der Waals surface area (Å²) in [6.07, 6.45) is 2.23. The van der Waals surface area contributed by atoms with Gasteiger partial charge in [-0.15, -0.1) is 0 Å². The van der Waals surface area contributed by atoms with Gasteiger partial charge in [-0.25, -0.2) is 17.9 Å². The van der Waals surface area contributed by atoms with E-state index < -0.39 is 28.0 Å². The van der Waals surface area contributed by atoms with Gasteiger partial charge in [0.15, 0.2) is 6.10 Å². The first-order valence-electron chi connectivity index (χ1n) is 9.24. The number of carbonyl (C=O) groups is 2. The molecule has 10 heteroatoms. The van der Waals surface area contributed by atoms with Crippen LogP contribution in [0.5, 0.6) is 0 Å². The zero-order valence-corrected chi connectivity index (χ0v) is 17.6. The highest BCUT2D eigenvalue weighted by Crippen LogP contribution is 2.31. The van der Waals surface area contributed by atoms with E-state index in [-0.39, 0.29) is 11.6 Å². The number of nitrogens with one attached hydrogen (secondary N) is 1. The van der Waals surface area contributed by atoms with Crippen LogP contribution in [0.2, 0.25) is 0 Å². The van der Waals surface area contributed by atoms with Crippen molar-refractivity contribution < 1.29 is 22.7 Å². The lowest BCUT2D eigenvalue weighted by Gasteiger charge is -2.17. The Morgan fingerprint density at radius 3 is 2.59 bits per heavy atom. The van der Waals surface area contributed by atoms with Crippen molar-refractivity contribution in [2.45, 2.75) is 39.3 Å². The molecule has 1 N–H and O–H groups in total. The molecule has 2 heterocycles. The minimum Gasteiger partial charge on any atom is -0.449 e. The first-order chi connectivity index (χ1) is 13.6. The maximum Gasteiger partial charge on any atom is 0.338 e. The summed E-state index contributed by atoms with van der Waals surface area (Å²) in [4.78, 5) is 24.9. The number of hydrogen-bond donors (Lipinski definition) is 1. The van der Waals surface area contributed by atoms with E-state index in [0.717, 1.165) is 11.8 Å². The molecule has 1 aliphatic rings. The Balaban J connectivity index is 1.67. The number of sulfonamides is 1. The van der Waals surface area contributed by atoms with Crippen molar-refractivity contribution in [1.82, 2.24) is 9.78 Å². The fraction of sp³-hybridized carbons (Fsp3) is 0.421. The van der Waals surface area contributed by atoms with Gasteiger partial charge in [0.2, 0.25) is 10.0 Å². The summed E-state index contributed by atoms with van der Waals surface area (Å²) in [6.45, 7) is 5.70. The van der Waals surface area contributed by atoms with E-state index >= 15 is 0 Å². The Morgan fingerprint density at radius 2 is 1.93 bits per heavy atom. The maximum atomic E-state index is 12.5. The van der Waals surface area contributed by atoms with E-state index in [9.17, 15) is 18.0 Å². The summed E-state index contributed by atoms with van der Waals surface area (Å²) in [5, 5.41) is 6.84. The quantitative estimate of drug-likeness (QED) is 0.716. The third-order valence-electron chi connectivity index (χ3n) is 4.63. The van der Waals surface area contributed by atoms with E-state index in [1.807, 2.05) is 13.8 Å². The Kier molecular flexibility index (Phi) is 5.65. The minimum atomic E-state index is -3.36. The molecule has 0 bridgehead atoms. The molecule has 0 saturated carbocycles. The van der Waals surface area contributed by atoms with Gasteiger partial charge in [-0.3, -0.25) is 9.10 Å². The largest absolute Gasteiger partial charge is 0.449 e. The highest BCUT2D eigenvalue weighted by atomic mass is 32.2. The number of hydrogen-bond acceptors (Lipinski definition) is 6. The van der Waals surface area contributed by atoms with E-state index in [2.05, 4.69) is 10.4 Å². The van der Waals surface area contributed by atoms with Gasteiger partial charge < -0.3 is 10.1 Å². The number of benzene rings is 1. The third kappa shape index (κ3) is 4.42. The van der Waals surface area contributed by atoms with Crippen LogP contribution in [0, 0.1) is 0 Å². The second-order valence-electron chi connectivity index (χ2n) is 7.22. The predicted octanol–water partition coefficient (Wildman–Crippen LogP) is 1.97. The van der Waals surface area contributed by atoms with Gasteiger partial charge in [0.25, 0.3) is 5.91 Å². The van der Waals surface area contributed by atoms with Crippen LogP contribution < -0.4 is 9.62 Å². The lowest BCUT2D eigenvalue weighted by molar-refractivity contribution is -0.123. The lowest BCUT2D eigenvalue weighted by Crippen LogP contribution is -2.31. The third-order valence-corrected chi connectivity index (χ3v) is 5.81. The smallest absolute Gasteiger partial charge is 0.338 e. The molecule has 3 rings (SSSR count). The van der Waals surface area contributed by atoms with E-state index in [1.165, 1.54) is 17.3 Å². The van der Waals surface area contributed by atoms with Crippen LogP contribution in [-0.2, 0) is 26.0 Å². The molecule has 0 spiro atoms. The molecule has 1 aliphatic heterocycles. The number of esters is 1. The van der Waals surface area contributed by atoms with Crippen molar-refractivity contribution in [2.24, 2.45) is 0 Å². The van der Waals surface area contributed by atoms with Crippen LogP contribution in [0.15, 0.2) is 30.5 Å². The summed E-state index contributed by atoms with van der Waals surface area (Å²) >= 11 is 0. The van der Waals surface area contributed by atoms with Crippen molar-refractivity contribution in [3.63, 3.8) is 0 Å². The number of nitrogens with zero attached hydrogens (tertiary/aromatic N) is 3. The molecule has 1 atom stereocenters. The van der Waals surface area contributed by atoms with E-state index in [0.29, 0.717) is 24.5 Å². The van der Waals surface area contributed by atoms with Gasteiger partial charge in [-0.1, -0.05) is 0 Å². The van der Waals surface area contributed by atoms with Gasteiger partial charge in [-0.2, -0.15) is 5.10 Å². The van der Waals surface area contributed by atoms with Crippen molar-refractivity contribution in [2.75, 3.05) is 22.4 Å². The lowest BCUT2D eigenvalue weighted by atomic mass is 10.1. The molecule has 29 heavy (non-hydrogen) atoms. The fourth-order valence-electron chi connectivity index (χ4n) is 3.18. The zero-order valence-electron chi connectivity index (χ0n) is 16.7. The second kappa shape index (κ2) is 7.86.